The van der Waals surface area contributed by atoms with Crippen LogP contribution < -0.4 is 4.74 Å². The van der Waals surface area contributed by atoms with Crippen LogP contribution in [0.25, 0.3) is 11.3 Å². The number of aromatic nitrogens is 4. The molecule has 0 saturated carbocycles. The van der Waals surface area contributed by atoms with Crippen molar-refractivity contribution in [3.05, 3.63) is 89.9 Å². The Hall–Kier alpha value is -3.10. The van der Waals surface area contributed by atoms with Crippen molar-refractivity contribution in [2.75, 3.05) is 0 Å². The second-order valence-corrected chi connectivity index (χ2v) is 7.81. The van der Waals surface area contributed by atoms with Crippen molar-refractivity contribution in [2.24, 2.45) is 0 Å². The molecule has 0 saturated heterocycles. The topological polar surface area (TPSA) is 66.0 Å². The van der Waals surface area contributed by atoms with Crippen molar-refractivity contribution in [3.8, 4) is 17.1 Å². The fourth-order valence-electron chi connectivity index (χ4n) is 2.83. The number of hydrogen-bond acceptors (Lipinski definition) is 6. The van der Waals surface area contributed by atoms with Gasteiger partial charge in [-0.25, -0.2) is 9.37 Å². The Morgan fingerprint density at radius 3 is 2.87 bits per heavy atom. The molecule has 9 heteroatoms. The predicted molar refractivity (Wildman–Crippen MR) is 117 cm³/mol. The van der Waals surface area contributed by atoms with Crippen LogP contribution in [0.2, 0.25) is 5.02 Å². The molecule has 0 radical (unpaired) electrons. The van der Waals surface area contributed by atoms with E-state index in [1.54, 1.807) is 36.5 Å². The quantitative estimate of drug-likeness (QED) is 0.235. The SMILES string of the molecule is C=CCn1c(COc2ccccc2F)nnc1SCc1ncc(-c2cccc(Cl)c2)o1. The fourth-order valence-corrected chi connectivity index (χ4v) is 3.84. The van der Waals surface area contributed by atoms with Crippen molar-refractivity contribution in [2.45, 2.75) is 24.1 Å². The molecule has 2 heterocycles. The lowest BCUT2D eigenvalue weighted by atomic mass is 10.2. The van der Waals surface area contributed by atoms with Crippen molar-refractivity contribution < 1.29 is 13.5 Å². The second kappa shape index (κ2) is 9.80. The molecule has 0 aliphatic heterocycles. The highest BCUT2D eigenvalue weighted by Crippen LogP contribution is 2.27. The molecule has 0 fully saturated rings. The number of benzene rings is 2. The average Bonchev–Trinajstić information content (AvgIpc) is 3.39. The van der Waals surface area contributed by atoms with Gasteiger partial charge < -0.3 is 9.15 Å². The molecule has 2 aromatic carbocycles. The van der Waals surface area contributed by atoms with Crippen LogP contribution in [-0.2, 0) is 18.9 Å². The molecule has 2 aromatic heterocycles. The number of rotatable bonds is 9. The van der Waals surface area contributed by atoms with Gasteiger partial charge in [-0.3, -0.25) is 4.57 Å². The van der Waals surface area contributed by atoms with Gasteiger partial charge in [0.15, 0.2) is 28.3 Å². The number of oxazole rings is 1. The first-order chi connectivity index (χ1) is 15.1. The molecular weight excluding hydrogens is 439 g/mol. The molecule has 4 rings (SSSR count). The molecule has 0 aliphatic carbocycles. The summed E-state index contributed by atoms with van der Waals surface area (Å²) in [6.45, 7) is 4.36. The molecule has 0 spiro atoms. The van der Waals surface area contributed by atoms with Crippen LogP contribution in [0.3, 0.4) is 0 Å². The molecule has 0 N–H and O–H groups in total. The van der Waals surface area contributed by atoms with E-state index in [4.69, 9.17) is 20.8 Å². The van der Waals surface area contributed by atoms with Gasteiger partial charge in [-0.05, 0) is 24.3 Å². The first kappa shape index (κ1) is 21.1. The Balaban J connectivity index is 1.44. The molecule has 0 amide bonds. The van der Waals surface area contributed by atoms with Gasteiger partial charge in [-0.2, -0.15) is 0 Å². The smallest absolute Gasteiger partial charge is 0.205 e. The molecule has 4 aromatic rings. The van der Waals surface area contributed by atoms with E-state index in [0.29, 0.717) is 40.0 Å². The van der Waals surface area contributed by atoms with E-state index in [-0.39, 0.29) is 12.4 Å². The highest BCUT2D eigenvalue weighted by atomic mass is 35.5. The molecule has 6 nitrogen and oxygen atoms in total. The first-order valence-electron chi connectivity index (χ1n) is 9.38. The maximum atomic E-state index is 13.8. The lowest BCUT2D eigenvalue weighted by molar-refractivity contribution is 0.275. The highest BCUT2D eigenvalue weighted by molar-refractivity contribution is 7.98. The van der Waals surface area contributed by atoms with Crippen LogP contribution in [0.1, 0.15) is 11.7 Å². The van der Waals surface area contributed by atoms with Crippen LogP contribution in [0, 0.1) is 5.82 Å². The summed E-state index contributed by atoms with van der Waals surface area (Å²) in [4.78, 5) is 4.33. The summed E-state index contributed by atoms with van der Waals surface area (Å²) >= 11 is 7.47. The van der Waals surface area contributed by atoms with E-state index in [2.05, 4.69) is 21.8 Å². The van der Waals surface area contributed by atoms with Crippen molar-refractivity contribution in [3.63, 3.8) is 0 Å². The minimum absolute atomic E-state index is 0.0836. The van der Waals surface area contributed by atoms with E-state index >= 15 is 0 Å². The zero-order chi connectivity index (χ0) is 21.6. The Morgan fingerprint density at radius 1 is 1.19 bits per heavy atom. The summed E-state index contributed by atoms with van der Waals surface area (Å²) < 4.78 is 27.1. The molecule has 158 valence electrons. The monoisotopic (exact) mass is 456 g/mol. The third kappa shape index (κ3) is 5.15. The van der Waals surface area contributed by atoms with E-state index in [9.17, 15) is 4.39 Å². The summed E-state index contributed by atoms with van der Waals surface area (Å²) in [7, 11) is 0. The van der Waals surface area contributed by atoms with Crippen LogP contribution in [0.5, 0.6) is 5.75 Å². The Kier molecular flexibility index (Phi) is 6.69. The van der Waals surface area contributed by atoms with Gasteiger partial charge in [0.25, 0.3) is 0 Å². The minimum Gasteiger partial charge on any atom is -0.483 e. The minimum atomic E-state index is -0.425. The highest BCUT2D eigenvalue weighted by Gasteiger charge is 2.15. The third-order valence-electron chi connectivity index (χ3n) is 4.29. The number of halogens is 2. The number of para-hydroxylation sites is 1. The average molecular weight is 457 g/mol. The zero-order valence-electron chi connectivity index (χ0n) is 16.4. The van der Waals surface area contributed by atoms with Crippen LogP contribution in [-0.4, -0.2) is 19.7 Å². The van der Waals surface area contributed by atoms with Gasteiger partial charge in [-0.1, -0.05) is 53.7 Å². The number of nitrogens with zero attached hydrogens (tertiary/aromatic N) is 4. The fraction of sp³-hybridized carbons (Fsp3) is 0.136. The van der Waals surface area contributed by atoms with E-state index in [1.165, 1.54) is 17.8 Å². The van der Waals surface area contributed by atoms with Crippen LogP contribution in [0.4, 0.5) is 4.39 Å². The van der Waals surface area contributed by atoms with E-state index in [0.717, 1.165) is 5.56 Å². The van der Waals surface area contributed by atoms with E-state index < -0.39 is 5.82 Å². The molecule has 0 atom stereocenters. The third-order valence-corrected chi connectivity index (χ3v) is 5.47. The maximum Gasteiger partial charge on any atom is 0.205 e. The number of ether oxygens (including phenoxy) is 1. The van der Waals surface area contributed by atoms with Gasteiger partial charge in [0, 0.05) is 17.1 Å². The van der Waals surface area contributed by atoms with Gasteiger partial charge >= 0.3 is 0 Å². The normalized spacial score (nSPS) is 10.9. The molecule has 0 bridgehead atoms. The Labute approximate surface area is 187 Å². The molecule has 0 unspecified atom stereocenters. The lowest BCUT2D eigenvalue weighted by Gasteiger charge is -2.09. The van der Waals surface area contributed by atoms with Crippen LogP contribution >= 0.6 is 23.4 Å². The number of thioether (sulfide) groups is 1. The second-order valence-electron chi connectivity index (χ2n) is 6.43. The van der Waals surface area contributed by atoms with Crippen molar-refractivity contribution in [1.82, 2.24) is 19.7 Å². The van der Waals surface area contributed by atoms with Gasteiger partial charge in [-0.15, -0.1) is 16.8 Å². The summed E-state index contributed by atoms with van der Waals surface area (Å²) in [5.74, 6) is 1.97. The lowest BCUT2D eigenvalue weighted by Crippen LogP contribution is -2.08. The van der Waals surface area contributed by atoms with Crippen LogP contribution in [0.15, 0.2) is 77.0 Å². The summed E-state index contributed by atoms with van der Waals surface area (Å²) in [5.41, 5.74) is 0.860. The molecule has 0 aliphatic rings. The van der Waals surface area contributed by atoms with Gasteiger partial charge in [0.1, 0.15) is 6.61 Å². The van der Waals surface area contributed by atoms with Gasteiger partial charge in [0.05, 0.1) is 11.9 Å². The Bertz CT molecular complexity index is 1190. The number of hydrogen-bond donors (Lipinski definition) is 0. The first-order valence-corrected chi connectivity index (χ1v) is 10.7. The van der Waals surface area contributed by atoms with Crippen molar-refractivity contribution in [1.29, 1.82) is 0 Å². The zero-order valence-corrected chi connectivity index (χ0v) is 17.9. The predicted octanol–water partition coefficient (Wildman–Crippen LogP) is 5.78. The molecule has 31 heavy (non-hydrogen) atoms. The number of allylic oxidation sites excluding steroid dienone is 1. The maximum absolute atomic E-state index is 13.8. The summed E-state index contributed by atoms with van der Waals surface area (Å²) in [6, 6.07) is 13.6. The largest absolute Gasteiger partial charge is 0.483 e. The van der Waals surface area contributed by atoms with E-state index in [1.807, 2.05) is 22.8 Å². The van der Waals surface area contributed by atoms with Gasteiger partial charge in [0.2, 0.25) is 5.89 Å². The Morgan fingerprint density at radius 2 is 2.06 bits per heavy atom. The summed E-state index contributed by atoms with van der Waals surface area (Å²) in [5, 5.41) is 9.71. The standard InChI is InChI=1S/C22H18ClFN4O2S/c1-2-10-28-20(13-29-18-9-4-3-8-17(18)24)26-27-22(28)31-14-21-25-12-19(30-21)15-6-5-7-16(23)11-15/h2-9,11-12H,1,10,13-14H2. The van der Waals surface area contributed by atoms with Crippen molar-refractivity contribution >= 4 is 23.4 Å². The molecular formula is C22H18ClFN4O2S. The summed E-state index contributed by atoms with van der Waals surface area (Å²) in [6.07, 6.45) is 3.41.